The Bertz CT molecular complexity index is 484. The molecule has 6 nitrogen and oxygen atoms in total. The monoisotopic (exact) mass is 315 g/mol. The van der Waals surface area contributed by atoms with E-state index in [1.807, 2.05) is 0 Å². The molecule has 0 unspecified atom stereocenters. The number of hydrogen-bond acceptors (Lipinski definition) is 5. The number of thioether (sulfide) groups is 1. The van der Waals surface area contributed by atoms with E-state index in [1.165, 1.54) is 16.7 Å². The molecule has 2 heterocycles. The molecule has 2 rings (SSSR count). The van der Waals surface area contributed by atoms with E-state index < -0.39 is 0 Å². The summed E-state index contributed by atoms with van der Waals surface area (Å²) in [6, 6.07) is 1.68. The van der Waals surface area contributed by atoms with Gasteiger partial charge in [0, 0.05) is 6.07 Å². The van der Waals surface area contributed by atoms with Crippen molar-refractivity contribution in [3.05, 3.63) is 11.8 Å². The Labute approximate surface area is 127 Å². The lowest BCUT2D eigenvalue weighted by Gasteiger charge is -2.31. The number of piperazine rings is 1. The van der Waals surface area contributed by atoms with Gasteiger partial charge in [0.25, 0.3) is 0 Å². The van der Waals surface area contributed by atoms with Crippen LogP contribution in [-0.2, 0) is 4.79 Å². The maximum Gasteiger partial charge on any atom is 0.236 e. The molecule has 0 bridgehead atoms. The van der Waals surface area contributed by atoms with E-state index in [9.17, 15) is 4.79 Å². The predicted molar refractivity (Wildman–Crippen MR) is 83.1 cm³/mol. The fourth-order valence-electron chi connectivity index (χ4n) is 1.89. The van der Waals surface area contributed by atoms with Crippen molar-refractivity contribution in [2.24, 2.45) is 0 Å². The van der Waals surface area contributed by atoms with Gasteiger partial charge in [-0.3, -0.25) is 4.79 Å². The Kier molecular flexibility index (Phi) is 5.38. The van der Waals surface area contributed by atoms with Gasteiger partial charge < -0.3 is 19.6 Å². The molecule has 0 aromatic carbocycles. The van der Waals surface area contributed by atoms with Crippen LogP contribution < -0.4 is 10.2 Å². The number of amides is 1. The molecule has 0 radical (unpaired) electrons. The molecule has 1 aromatic heterocycles. The van der Waals surface area contributed by atoms with Crippen LogP contribution in [0.1, 0.15) is 5.76 Å². The molecule has 110 valence electrons. The summed E-state index contributed by atoms with van der Waals surface area (Å²) in [6.07, 6.45) is 0. The third kappa shape index (κ3) is 4.46. The summed E-state index contributed by atoms with van der Waals surface area (Å²) >= 11 is 6.76. The number of carbonyl (C=O) groups is 1. The fourth-order valence-corrected chi connectivity index (χ4v) is 2.95. The van der Waals surface area contributed by atoms with Crippen LogP contribution in [-0.4, -0.2) is 59.3 Å². The van der Waals surface area contributed by atoms with Crippen LogP contribution >= 0.6 is 24.0 Å². The van der Waals surface area contributed by atoms with Crippen molar-refractivity contribution < 1.29 is 14.2 Å². The summed E-state index contributed by atoms with van der Waals surface area (Å²) in [6.45, 7) is 5.88. The molecule has 0 spiro atoms. The summed E-state index contributed by atoms with van der Waals surface area (Å²) in [5, 5.41) is 6.40. The lowest BCUT2D eigenvalue weighted by atomic mass is 10.4. The first-order chi connectivity index (χ1) is 9.54. The van der Waals surface area contributed by atoms with E-state index in [0.29, 0.717) is 17.3 Å². The van der Waals surface area contributed by atoms with Crippen molar-refractivity contribution in [2.45, 2.75) is 6.92 Å². The van der Waals surface area contributed by atoms with E-state index in [2.05, 4.69) is 22.4 Å². The highest BCUT2D eigenvalue weighted by molar-refractivity contribution is 8.23. The third-order valence-electron chi connectivity index (χ3n) is 3.10. The van der Waals surface area contributed by atoms with Gasteiger partial charge in [-0.05, 0) is 6.92 Å². The number of nitrogens with zero attached hydrogens (tertiary/aromatic N) is 2. The average molecular weight is 315 g/mol. The zero-order chi connectivity index (χ0) is 14.5. The summed E-state index contributed by atoms with van der Waals surface area (Å²) < 4.78 is 5.68. The summed E-state index contributed by atoms with van der Waals surface area (Å²) in [5.74, 6) is 1.29. The molecule has 1 aromatic rings. The zero-order valence-electron chi connectivity index (χ0n) is 11.6. The third-order valence-corrected chi connectivity index (χ3v) is 4.62. The van der Waals surface area contributed by atoms with E-state index >= 15 is 0 Å². The number of rotatable bonds is 3. The molecule has 0 aliphatic carbocycles. The van der Waals surface area contributed by atoms with Crippen molar-refractivity contribution >= 4 is 40.0 Å². The van der Waals surface area contributed by atoms with Gasteiger partial charge in [-0.25, -0.2) is 0 Å². The molecular formula is C12H19N4O2S2+. The van der Waals surface area contributed by atoms with Gasteiger partial charge in [0.2, 0.25) is 5.91 Å². The first kappa shape index (κ1) is 15.3. The number of nitrogens with one attached hydrogen (secondary N) is 2. The molecule has 8 heteroatoms. The Morgan fingerprint density at radius 2 is 2.30 bits per heavy atom. The number of quaternary nitrogens is 1. The van der Waals surface area contributed by atoms with E-state index in [-0.39, 0.29) is 5.91 Å². The average Bonchev–Trinajstić information content (AvgIpc) is 2.82. The van der Waals surface area contributed by atoms with Crippen LogP contribution in [0, 0.1) is 6.92 Å². The maximum atomic E-state index is 11.8. The van der Waals surface area contributed by atoms with Gasteiger partial charge in [-0.15, -0.1) is 0 Å². The number of anilines is 1. The van der Waals surface area contributed by atoms with Crippen molar-refractivity contribution in [1.82, 2.24) is 10.1 Å². The van der Waals surface area contributed by atoms with Gasteiger partial charge in [-0.1, -0.05) is 29.1 Å². The molecule has 1 aliphatic heterocycles. The lowest BCUT2D eigenvalue weighted by Crippen LogP contribution is -3.12. The normalized spacial score (nSPS) is 16.2. The highest BCUT2D eigenvalue weighted by atomic mass is 32.2. The highest BCUT2D eigenvalue weighted by Gasteiger charge is 2.19. The smallest absolute Gasteiger partial charge is 0.236 e. The summed E-state index contributed by atoms with van der Waals surface area (Å²) in [5.41, 5.74) is 0. The molecule has 1 fully saturated rings. The van der Waals surface area contributed by atoms with E-state index in [0.717, 1.165) is 30.5 Å². The minimum Gasteiger partial charge on any atom is -0.360 e. The van der Waals surface area contributed by atoms with Gasteiger partial charge in [0.1, 0.15) is 10.1 Å². The SMILES string of the molecule is Cc1cc(NC(=O)CSC(=S)N2CC[NH+](C)CC2)no1. The molecule has 0 atom stereocenters. The lowest BCUT2D eigenvalue weighted by molar-refractivity contribution is -0.883. The quantitative estimate of drug-likeness (QED) is 0.752. The molecule has 1 amide bonds. The number of aromatic nitrogens is 1. The van der Waals surface area contributed by atoms with Gasteiger partial charge in [0.05, 0.1) is 39.0 Å². The van der Waals surface area contributed by atoms with Gasteiger partial charge in [0.15, 0.2) is 5.82 Å². The predicted octanol–water partition coefficient (Wildman–Crippen LogP) is -0.230. The molecule has 1 saturated heterocycles. The maximum absolute atomic E-state index is 11.8. The second-order valence-electron chi connectivity index (χ2n) is 4.87. The minimum atomic E-state index is -0.120. The minimum absolute atomic E-state index is 0.120. The number of aryl methyl sites for hydroxylation is 1. The highest BCUT2D eigenvalue weighted by Crippen LogP contribution is 2.12. The molecule has 0 saturated carbocycles. The van der Waals surface area contributed by atoms with Crippen LogP contribution in [0.25, 0.3) is 0 Å². The molecule has 1 aliphatic rings. The van der Waals surface area contributed by atoms with Crippen molar-refractivity contribution in [1.29, 1.82) is 0 Å². The Morgan fingerprint density at radius 3 is 2.90 bits per heavy atom. The van der Waals surface area contributed by atoms with Crippen LogP contribution in [0.15, 0.2) is 10.6 Å². The van der Waals surface area contributed by atoms with Crippen LogP contribution in [0.5, 0.6) is 0 Å². The number of thiocarbonyl (C=S) groups is 1. The Balaban J connectivity index is 1.71. The van der Waals surface area contributed by atoms with Gasteiger partial charge >= 0.3 is 0 Å². The fraction of sp³-hybridized carbons (Fsp3) is 0.583. The van der Waals surface area contributed by atoms with Crippen molar-refractivity contribution in [2.75, 3.05) is 44.3 Å². The van der Waals surface area contributed by atoms with Crippen LogP contribution in [0.3, 0.4) is 0 Å². The summed E-state index contributed by atoms with van der Waals surface area (Å²) in [4.78, 5) is 15.5. The summed E-state index contributed by atoms with van der Waals surface area (Å²) in [7, 11) is 2.18. The van der Waals surface area contributed by atoms with E-state index in [1.54, 1.807) is 13.0 Å². The standard InChI is InChI=1S/C12H18N4O2S2/c1-9-7-10(14-18-9)13-11(17)8-20-12(19)16-5-3-15(2)4-6-16/h7H,3-6,8H2,1-2H3,(H,13,14,17)/p+1. The number of likely N-dealkylation sites (N-methyl/N-ethyl adjacent to an activating group) is 1. The first-order valence-electron chi connectivity index (χ1n) is 6.51. The molecular weight excluding hydrogens is 296 g/mol. The molecule has 20 heavy (non-hydrogen) atoms. The molecule has 2 N–H and O–H groups in total. The number of carbonyl (C=O) groups excluding carboxylic acids is 1. The zero-order valence-corrected chi connectivity index (χ0v) is 13.3. The van der Waals surface area contributed by atoms with Gasteiger partial charge in [-0.2, -0.15) is 0 Å². The second-order valence-corrected chi connectivity index (χ2v) is 6.48. The van der Waals surface area contributed by atoms with Crippen molar-refractivity contribution in [3.8, 4) is 0 Å². The van der Waals surface area contributed by atoms with E-state index in [4.69, 9.17) is 16.7 Å². The second kappa shape index (κ2) is 7.05. The Morgan fingerprint density at radius 1 is 1.60 bits per heavy atom. The number of hydrogen-bond donors (Lipinski definition) is 2. The van der Waals surface area contributed by atoms with Crippen LogP contribution in [0.4, 0.5) is 5.82 Å². The first-order valence-corrected chi connectivity index (χ1v) is 7.90. The van der Waals surface area contributed by atoms with Crippen LogP contribution in [0.2, 0.25) is 0 Å². The Hall–Kier alpha value is -1.12. The largest absolute Gasteiger partial charge is 0.360 e. The topological polar surface area (TPSA) is 62.8 Å². The van der Waals surface area contributed by atoms with Crippen molar-refractivity contribution in [3.63, 3.8) is 0 Å².